The summed E-state index contributed by atoms with van der Waals surface area (Å²) >= 11 is 1.80. The summed E-state index contributed by atoms with van der Waals surface area (Å²) < 4.78 is 10.8. The summed E-state index contributed by atoms with van der Waals surface area (Å²) in [5.41, 5.74) is 2.63. The fourth-order valence-corrected chi connectivity index (χ4v) is 2.88. The number of hydrogen-bond donors (Lipinski definition) is 1. The molecule has 0 radical (unpaired) electrons. The van der Waals surface area contributed by atoms with E-state index in [1.165, 1.54) is 16.0 Å². The molecule has 0 fully saturated rings. The molecule has 1 aromatic carbocycles. The van der Waals surface area contributed by atoms with Gasteiger partial charge in [-0.1, -0.05) is 12.1 Å². The Balaban J connectivity index is 1.63. The summed E-state index contributed by atoms with van der Waals surface area (Å²) in [5.74, 6) is 0.922. The van der Waals surface area contributed by atoms with Gasteiger partial charge < -0.3 is 14.8 Å². The monoisotopic (exact) mass is 305 g/mol. The van der Waals surface area contributed by atoms with Crippen LogP contribution in [0.25, 0.3) is 0 Å². The van der Waals surface area contributed by atoms with Gasteiger partial charge in [-0.2, -0.15) is 0 Å². The Morgan fingerprint density at radius 1 is 1.10 bits per heavy atom. The van der Waals surface area contributed by atoms with Crippen LogP contribution in [0.15, 0.2) is 35.7 Å². The molecule has 0 atom stereocenters. The first-order valence-electron chi connectivity index (χ1n) is 7.24. The number of ether oxygens (including phenoxy) is 2. The predicted molar refractivity (Wildman–Crippen MR) is 88.3 cm³/mol. The Kier molecular flexibility index (Phi) is 6.73. The van der Waals surface area contributed by atoms with Crippen LogP contribution in [0.3, 0.4) is 0 Å². The van der Waals surface area contributed by atoms with Crippen molar-refractivity contribution in [3.63, 3.8) is 0 Å². The third kappa shape index (κ3) is 5.50. The molecule has 0 amide bonds. The minimum Gasteiger partial charge on any atom is -0.492 e. The Bertz CT molecular complexity index is 522. The molecule has 0 bridgehead atoms. The molecule has 21 heavy (non-hydrogen) atoms. The highest BCUT2D eigenvalue weighted by molar-refractivity contribution is 7.10. The molecule has 114 valence electrons. The molecule has 0 unspecified atom stereocenters. The van der Waals surface area contributed by atoms with Crippen LogP contribution < -0.4 is 10.1 Å². The van der Waals surface area contributed by atoms with Gasteiger partial charge in [-0.05, 0) is 48.1 Å². The predicted octanol–water partition coefficient (Wildman–Crippen LogP) is 3.41. The summed E-state index contributed by atoms with van der Waals surface area (Å²) in [5, 5.41) is 5.54. The quantitative estimate of drug-likeness (QED) is 0.720. The standard InChI is InChI=1S/C17H23NO2S/c1-14-8-12-21-17(14)13-18-9-11-20-16-5-3-15(4-6-16)7-10-19-2/h3-6,8,12,18H,7,9-11,13H2,1-2H3. The van der Waals surface area contributed by atoms with Crippen molar-refractivity contribution in [1.82, 2.24) is 5.32 Å². The molecule has 1 heterocycles. The second kappa shape index (κ2) is 8.82. The number of rotatable bonds is 9. The molecule has 0 aliphatic carbocycles. The van der Waals surface area contributed by atoms with E-state index >= 15 is 0 Å². The lowest BCUT2D eigenvalue weighted by molar-refractivity contribution is 0.202. The average molecular weight is 305 g/mol. The Morgan fingerprint density at radius 3 is 2.57 bits per heavy atom. The van der Waals surface area contributed by atoms with Crippen LogP contribution in [0.2, 0.25) is 0 Å². The Hall–Kier alpha value is -1.36. The van der Waals surface area contributed by atoms with Crippen molar-refractivity contribution in [2.24, 2.45) is 0 Å². The van der Waals surface area contributed by atoms with E-state index in [0.717, 1.165) is 31.9 Å². The summed E-state index contributed by atoms with van der Waals surface area (Å²) in [6, 6.07) is 10.4. The van der Waals surface area contributed by atoms with E-state index < -0.39 is 0 Å². The number of aryl methyl sites for hydroxylation is 1. The van der Waals surface area contributed by atoms with Crippen LogP contribution in [-0.2, 0) is 17.7 Å². The largest absolute Gasteiger partial charge is 0.492 e. The highest BCUT2D eigenvalue weighted by Gasteiger charge is 1.99. The van der Waals surface area contributed by atoms with Crippen LogP contribution in [0.1, 0.15) is 16.0 Å². The van der Waals surface area contributed by atoms with E-state index in [1.807, 2.05) is 12.1 Å². The molecule has 1 N–H and O–H groups in total. The molecule has 0 aliphatic heterocycles. The molecule has 1 aromatic heterocycles. The lowest BCUT2D eigenvalue weighted by Crippen LogP contribution is -2.20. The molecular weight excluding hydrogens is 282 g/mol. The molecule has 2 aromatic rings. The van der Waals surface area contributed by atoms with E-state index in [-0.39, 0.29) is 0 Å². The van der Waals surface area contributed by atoms with Crippen LogP contribution in [0, 0.1) is 6.92 Å². The lowest BCUT2D eigenvalue weighted by Gasteiger charge is -2.08. The number of methoxy groups -OCH3 is 1. The van der Waals surface area contributed by atoms with Crippen LogP contribution in [-0.4, -0.2) is 26.9 Å². The fourth-order valence-electron chi connectivity index (χ4n) is 2.00. The highest BCUT2D eigenvalue weighted by Crippen LogP contribution is 2.15. The van der Waals surface area contributed by atoms with E-state index in [1.54, 1.807) is 18.4 Å². The molecule has 3 nitrogen and oxygen atoms in total. The maximum Gasteiger partial charge on any atom is 0.119 e. The zero-order valence-electron chi connectivity index (χ0n) is 12.7. The Morgan fingerprint density at radius 2 is 1.90 bits per heavy atom. The summed E-state index contributed by atoms with van der Waals surface area (Å²) in [6.07, 6.45) is 0.943. The lowest BCUT2D eigenvalue weighted by atomic mass is 10.1. The minimum absolute atomic E-state index is 0.682. The van der Waals surface area contributed by atoms with Gasteiger partial charge in [-0.3, -0.25) is 0 Å². The summed E-state index contributed by atoms with van der Waals surface area (Å²) in [7, 11) is 1.72. The maximum absolute atomic E-state index is 5.72. The third-order valence-corrected chi connectivity index (χ3v) is 4.34. The molecule has 2 rings (SSSR count). The average Bonchev–Trinajstić information content (AvgIpc) is 2.91. The van der Waals surface area contributed by atoms with E-state index in [4.69, 9.17) is 9.47 Å². The SMILES string of the molecule is COCCc1ccc(OCCNCc2sccc2C)cc1. The highest BCUT2D eigenvalue weighted by atomic mass is 32.1. The van der Waals surface area contributed by atoms with Crippen molar-refractivity contribution in [2.75, 3.05) is 26.9 Å². The van der Waals surface area contributed by atoms with Crippen LogP contribution in [0.4, 0.5) is 0 Å². The van der Waals surface area contributed by atoms with E-state index in [0.29, 0.717) is 6.61 Å². The zero-order valence-corrected chi connectivity index (χ0v) is 13.5. The van der Waals surface area contributed by atoms with Gasteiger partial charge in [0.2, 0.25) is 0 Å². The van der Waals surface area contributed by atoms with Crippen molar-refractivity contribution in [1.29, 1.82) is 0 Å². The first kappa shape index (κ1) is 16.0. The van der Waals surface area contributed by atoms with Crippen LogP contribution in [0.5, 0.6) is 5.75 Å². The molecule has 0 spiro atoms. The van der Waals surface area contributed by atoms with Gasteiger partial charge in [0, 0.05) is 25.1 Å². The fraction of sp³-hybridized carbons (Fsp3) is 0.412. The topological polar surface area (TPSA) is 30.5 Å². The number of thiophene rings is 1. The summed E-state index contributed by atoms with van der Waals surface area (Å²) in [6.45, 7) is 5.36. The molecule has 0 saturated heterocycles. The van der Waals surface area contributed by atoms with Crippen molar-refractivity contribution in [3.8, 4) is 5.75 Å². The van der Waals surface area contributed by atoms with Gasteiger partial charge in [-0.15, -0.1) is 11.3 Å². The number of hydrogen-bond acceptors (Lipinski definition) is 4. The van der Waals surface area contributed by atoms with Crippen molar-refractivity contribution in [2.45, 2.75) is 19.9 Å². The van der Waals surface area contributed by atoms with Gasteiger partial charge in [0.15, 0.2) is 0 Å². The normalized spacial score (nSPS) is 10.8. The van der Waals surface area contributed by atoms with Gasteiger partial charge in [0.25, 0.3) is 0 Å². The smallest absolute Gasteiger partial charge is 0.119 e. The van der Waals surface area contributed by atoms with Gasteiger partial charge in [-0.25, -0.2) is 0 Å². The zero-order chi connectivity index (χ0) is 14.9. The molecule has 0 saturated carbocycles. The molecule has 0 aliphatic rings. The van der Waals surface area contributed by atoms with Crippen molar-refractivity contribution < 1.29 is 9.47 Å². The Labute approximate surface area is 130 Å². The second-order valence-corrected chi connectivity index (χ2v) is 5.94. The van der Waals surface area contributed by atoms with Gasteiger partial charge >= 0.3 is 0 Å². The van der Waals surface area contributed by atoms with Gasteiger partial charge in [0.05, 0.1) is 6.61 Å². The van der Waals surface area contributed by atoms with Crippen LogP contribution >= 0.6 is 11.3 Å². The first-order valence-corrected chi connectivity index (χ1v) is 8.12. The number of benzene rings is 1. The maximum atomic E-state index is 5.72. The first-order chi connectivity index (χ1) is 10.3. The van der Waals surface area contributed by atoms with Crippen molar-refractivity contribution in [3.05, 3.63) is 51.7 Å². The molecule has 4 heteroatoms. The molecular formula is C17H23NO2S. The minimum atomic E-state index is 0.682. The second-order valence-electron chi connectivity index (χ2n) is 4.94. The van der Waals surface area contributed by atoms with E-state index in [2.05, 4.69) is 35.8 Å². The summed E-state index contributed by atoms with van der Waals surface area (Å²) in [4.78, 5) is 1.40. The number of nitrogens with one attached hydrogen (secondary N) is 1. The van der Waals surface area contributed by atoms with Crippen molar-refractivity contribution >= 4 is 11.3 Å². The van der Waals surface area contributed by atoms with E-state index in [9.17, 15) is 0 Å². The van der Waals surface area contributed by atoms with Gasteiger partial charge in [0.1, 0.15) is 12.4 Å². The third-order valence-electron chi connectivity index (χ3n) is 3.32.